The van der Waals surface area contributed by atoms with Crippen molar-refractivity contribution in [2.45, 2.75) is 18.4 Å². The third kappa shape index (κ3) is 6.40. The smallest absolute Gasteiger partial charge is 0.255 e. The molecule has 32 heavy (non-hydrogen) atoms. The van der Waals surface area contributed by atoms with Crippen molar-refractivity contribution in [1.82, 2.24) is 9.73 Å². The summed E-state index contributed by atoms with van der Waals surface area (Å²) < 4.78 is 27.5. The molecular weight excluding hydrogens is 469 g/mol. The Morgan fingerprint density at radius 2 is 1.78 bits per heavy atom. The van der Waals surface area contributed by atoms with E-state index in [4.69, 9.17) is 23.2 Å². The lowest BCUT2D eigenvalue weighted by Crippen LogP contribution is -2.39. The van der Waals surface area contributed by atoms with Gasteiger partial charge >= 0.3 is 0 Å². The van der Waals surface area contributed by atoms with Gasteiger partial charge in [-0.05, 0) is 42.3 Å². The van der Waals surface area contributed by atoms with Crippen molar-refractivity contribution in [2.24, 2.45) is 5.10 Å². The van der Waals surface area contributed by atoms with Crippen LogP contribution in [0, 0.1) is 6.92 Å². The number of carbonyl (C=O) groups excluding carboxylic acids is 1. The molecule has 0 aromatic heterocycles. The van der Waals surface area contributed by atoms with Gasteiger partial charge in [0, 0.05) is 16.6 Å². The lowest BCUT2D eigenvalue weighted by molar-refractivity contribution is -0.121. The SMILES string of the molecule is Cc1cccc(C=NNC(=O)CN(Cc2ccc(Cl)cc2Cl)S(=O)(=O)c2ccccc2)c1. The molecule has 3 aromatic carbocycles. The van der Waals surface area contributed by atoms with E-state index in [-0.39, 0.29) is 11.4 Å². The van der Waals surface area contributed by atoms with Crippen LogP contribution in [-0.2, 0) is 21.4 Å². The number of hydrogen-bond acceptors (Lipinski definition) is 4. The molecule has 6 nitrogen and oxygen atoms in total. The highest BCUT2D eigenvalue weighted by atomic mass is 35.5. The summed E-state index contributed by atoms with van der Waals surface area (Å²) >= 11 is 12.2. The molecule has 3 aromatic rings. The Balaban J connectivity index is 1.81. The number of nitrogens with zero attached hydrogens (tertiary/aromatic N) is 2. The molecule has 0 atom stereocenters. The zero-order valence-electron chi connectivity index (χ0n) is 17.2. The van der Waals surface area contributed by atoms with Crippen molar-refractivity contribution in [2.75, 3.05) is 6.54 Å². The standard InChI is InChI=1S/C23H21Cl2N3O3S/c1-17-6-5-7-18(12-17)14-26-27-23(29)16-28(15-19-10-11-20(24)13-22(19)25)32(30,31)21-8-3-2-4-9-21/h2-14H,15-16H2,1H3,(H,27,29). The molecule has 0 bridgehead atoms. The first-order valence-electron chi connectivity index (χ1n) is 9.63. The minimum atomic E-state index is -3.98. The van der Waals surface area contributed by atoms with Gasteiger partial charge in [-0.3, -0.25) is 4.79 Å². The maximum absolute atomic E-state index is 13.2. The van der Waals surface area contributed by atoms with Crippen LogP contribution in [0.4, 0.5) is 0 Å². The topological polar surface area (TPSA) is 78.8 Å². The Labute approximate surface area is 197 Å². The van der Waals surface area contributed by atoms with Gasteiger partial charge in [-0.15, -0.1) is 0 Å². The average Bonchev–Trinajstić information content (AvgIpc) is 2.75. The predicted molar refractivity (Wildman–Crippen MR) is 127 cm³/mol. The van der Waals surface area contributed by atoms with E-state index in [1.165, 1.54) is 24.4 Å². The molecule has 0 spiro atoms. The number of hydrogen-bond donors (Lipinski definition) is 1. The number of rotatable bonds is 8. The largest absolute Gasteiger partial charge is 0.272 e. The third-order valence-electron chi connectivity index (χ3n) is 4.51. The Morgan fingerprint density at radius 1 is 1.03 bits per heavy atom. The van der Waals surface area contributed by atoms with Crippen LogP contribution >= 0.6 is 23.2 Å². The van der Waals surface area contributed by atoms with Gasteiger partial charge in [0.25, 0.3) is 5.91 Å². The van der Waals surface area contributed by atoms with Crippen molar-refractivity contribution in [3.63, 3.8) is 0 Å². The van der Waals surface area contributed by atoms with Crippen molar-refractivity contribution in [3.05, 3.63) is 99.5 Å². The molecule has 0 radical (unpaired) electrons. The summed E-state index contributed by atoms with van der Waals surface area (Å²) in [6.07, 6.45) is 1.50. The molecule has 1 N–H and O–H groups in total. The second-order valence-electron chi connectivity index (χ2n) is 7.03. The Hall–Kier alpha value is -2.71. The highest BCUT2D eigenvalue weighted by Gasteiger charge is 2.27. The minimum Gasteiger partial charge on any atom is -0.272 e. The fraction of sp³-hybridized carbons (Fsp3) is 0.130. The van der Waals surface area contributed by atoms with Gasteiger partial charge in [-0.1, -0.05) is 77.3 Å². The van der Waals surface area contributed by atoms with Crippen LogP contribution in [0.1, 0.15) is 16.7 Å². The molecule has 166 valence electrons. The number of sulfonamides is 1. The molecule has 0 aliphatic rings. The van der Waals surface area contributed by atoms with E-state index in [1.54, 1.807) is 30.3 Å². The van der Waals surface area contributed by atoms with E-state index in [9.17, 15) is 13.2 Å². The van der Waals surface area contributed by atoms with Crippen molar-refractivity contribution in [3.8, 4) is 0 Å². The van der Waals surface area contributed by atoms with E-state index in [0.717, 1.165) is 15.4 Å². The predicted octanol–water partition coefficient (Wildman–Crippen LogP) is 4.64. The molecule has 1 amide bonds. The zero-order chi connectivity index (χ0) is 23.1. The first-order chi connectivity index (χ1) is 15.3. The minimum absolute atomic E-state index is 0.0705. The summed E-state index contributed by atoms with van der Waals surface area (Å²) in [5, 5.41) is 4.68. The highest BCUT2D eigenvalue weighted by molar-refractivity contribution is 7.89. The summed E-state index contributed by atoms with van der Waals surface area (Å²) in [6.45, 7) is 1.40. The van der Waals surface area contributed by atoms with E-state index >= 15 is 0 Å². The Morgan fingerprint density at radius 3 is 2.47 bits per heavy atom. The van der Waals surface area contributed by atoms with E-state index in [0.29, 0.717) is 15.6 Å². The average molecular weight is 490 g/mol. The molecule has 9 heteroatoms. The molecule has 0 unspecified atom stereocenters. The lowest BCUT2D eigenvalue weighted by Gasteiger charge is -2.22. The number of amides is 1. The molecule has 3 rings (SSSR count). The maximum Gasteiger partial charge on any atom is 0.255 e. The first kappa shape index (κ1) is 23.9. The fourth-order valence-corrected chi connectivity index (χ4v) is 4.80. The second kappa shape index (κ2) is 10.7. The summed E-state index contributed by atoms with van der Waals surface area (Å²) in [5.74, 6) is -0.585. The second-order valence-corrected chi connectivity index (χ2v) is 9.81. The lowest BCUT2D eigenvalue weighted by atomic mass is 10.2. The third-order valence-corrected chi connectivity index (χ3v) is 6.90. The van der Waals surface area contributed by atoms with E-state index in [1.807, 2.05) is 31.2 Å². The maximum atomic E-state index is 13.2. The van der Waals surface area contributed by atoms with Gasteiger partial charge in [-0.2, -0.15) is 9.41 Å². The number of aryl methyl sites for hydroxylation is 1. The Kier molecular flexibility index (Phi) is 8.04. The van der Waals surface area contributed by atoms with Crippen LogP contribution in [0.5, 0.6) is 0 Å². The fourth-order valence-electron chi connectivity index (χ4n) is 2.93. The van der Waals surface area contributed by atoms with Gasteiger partial charge in [0.2, 0.25) is 10.0 Å². The van der Waals surface area contributed by atoms with Gasteiger partial charge in [-0.25, -0.2) is 13.8 Å². The zero-order valence-corrected chi connectivity index (χ0v) is 19.5. The number of carbonyl (C=O) groups is 1. The van der Waals surface area contributed by atoms with Gasteiger partial charge in [0.15, 0.2) is 0 Å². The summed E-state index contributed by atoms with van der Waals surface area (Å²) in [4.78, 5) is 12.6. The molecular formula is C23H21Cl2N3O3S. The van der Waals surface area contributed by atoms with Crippen LogP contribution in [0.25, 0.3) is 0 Å². The molecule has 0 saturated heterocycles. The normalized spacial score (nSPS) is 11.8. The van der Waals surface area contributed by atoms with Crippen LogP contribution in [0.15, 0.2) is 82.8 Å². The van der Waals surface area contributed by atoms with Crippen LogP contribution in [-0.4, -0.2) is 31.4 Å². The summed E-state index contributed by atoms with van der Waals surface area (Å²) in [5.41, 5.74) is 4.77. The van der Waals surface area contributed by atoms with Crippen LogP contribution < -0.4 is 5.43 Å². The van der Waals surface area contributed by atoms with E-state index < -0.39 is 22.5 Å². The number of benzene rings is 3. The number of hydrazone groups is 1. The molecule has 0 aliphatic carbocycles. The quantitative estimate of drug-likeness (QED) is 0.369. The van der Waals surface area contributed by atoms with Crippen molar-refractivity contribution in [1.29, 1.82) is 0 Å². The van der Waals surface area contributed by atoms with Crippen molar-refractivity contribution >= 4 is 45.3 Å². The van der Waals surface area contributed by atoms with E-state index in [2.05, 4.69) is 10.5 Å². The first-order valence-corrected chi connectivity index (χ1v) is 11.8. The van der Waals surface area contributed by atoms with Gasteiger partial charge in [0.1, 0.15) is 0 Å². The number of halogens is 2. The van der Waals surface area contributed by atoms with Gasteiger partial charge in [0.05, 0.1) is 17.7 Å². The Bertz CT molecular complexity index is 1230. The molecule has 0 heterocycles. The van der Waals surface area contributed by atoms with Crippen molar-refractivity contribution < 1.29 is 13.2 Å². The van der Waals surface area contributed by atoms with Crippen LogP contribution in [0.2, 0.25) is 10.0 Å². The van der Waals surface area contributed by atoms with Gasteiger partial charge < -0.3 is 0 Å². The molecule has 0 saturated carbocycles. The highest BCUT2D eigenvalue weighted by Crippen LogP contribution is 2.25. The van der Waals surface area contributed by atoms with Crippen LogP contribution in [0.3, 0.4) is 0 Å². The monoisotopic (exact) mass is 489 g/mol. The summed E-state index contributed by atoms with van der Waals surface area (Å²) in [6, 6.07) is 20.2. The number of nitrogens with one attached hydrogen (secondary N) is 1. The summed E-state index contributed by atoms with van der Waals surface area (Å²) in [7, 11) is -3.98. The molecule has 0 fully saturated rings. The molecule has 0 aliphatic heterocycles.